The summed E-state index contributed by atoms with van der Waals surface area (Å²) >= 11 is 0. The highest BCUT2D eigenvalue weighted by Crippen LogP contribution is 2.48. The first kappa shape index (κ1) is 55.5. The number of halogens is 4. The summed E-state index contributed by atoms with van der Waals surface area (Å²) in [6.45, 7) is 9.89. The summed E-state index contributed by atoms with van der Waals surface area (Å²) in [6, 6.07) is 6.59. The van der Waals surface area contributed by atoms with Gasteiger partial charge in [-0.2, -0.15) is 8.78 Å². The Morgan fingerprint density at radius 3 is 1.10 bits per heavy atom. The van der Waals surface area contributed by atoms with Gasteiger partial charge in [0.2, 0.25) is 11.6 Å². The Bertz CT molecular complexity index is 1690. The van der Waals surface area contributed by atoms with Crippen LogP contribution in [0.15, 0.2) is 36.4 Å². The van der Waals surface area contributed by atoms with Crippen molar-refractivity contribution in [2.75, 3.05) is 26.4 Å². The number of hydrogen-bond donors (Lipinski definition) is 0. The summed E-state index contributed by atoms with van der Waals surface area (Å²) in [6.07, 6.45) is 39.2. The number of rotatable bonds is 28. The molecule has 4 aliphatic carbocycles. The lowest BCUT2D eigenvalue weighted by molar-refractivity contribution is 0.152. The molecule has 3 nitrogen and oxygen atoms in total. The maximum atomic E-state index is 16.2. The molecular formula is C62H94F4O3. The summed E-state index contributed by atoms with van der Waals surface area (Å²) in [5, 5.41) is 0. The van der Waals surface area contributed by atoms with Crippen LogP contribution in [0.2, 0.25) is 0 Å². The smallest absolute Gasteiger partial charge is 0.201 e. The van der Waals surface area contributed by atoms with Crippen LogP contribution in [-0.4, -0.2) is 26.4 Å². The topological polar surface area (TPSA) is 27.7 Å². The fourth-order valence-electron chi connectivity index (χ4n) is 13.2. The Morgan fingerprint density at radius 2 is 0.754 bits per heavy atom. The average molecular weight is 963 g/mol. The molecule has 4 saturated carbocycles. The summed E-state index contributed by atoms with van der Waals surface area (Å²) in [4.78, 5) is 0. The largest absolute Gasteiger partial charge is 0.490 e. The van der Waals surface area contributed by atoms with Crippen molar-refractivity contribution in [2.24, 2.45) is 47.3 Å². The van der Waals surface area contributed by atoms with Gasteiger partial charge in [0.25, 0.3) is 0 Å². The molecule has 0 spiro atoms. The zero-order valence-corrected chi connectivity index (χ0v) is 43.9. The molecule has 0 aliphatic heterocycles. The predicted molar refractivity (Wildman–Crippen MR) is 280 cm³/mol. The van der Waals surface area contributed by atoms with Crippen molar-refractivity contribution in [1.82, 2.24) is 0 Å². The molecule has 0 heterocycles. The molecule has 0 unspecified atom stereocenters. The zero-order chi connectivity index (χ0) is 48.8. The van der Waals surface area contributed by atoms with Crippen molar-refractivity contribution < 1.29 is 31.8 Å². The first-order valence-corrected chi connectivity index (χ1v) is 29.0. The molecule has 2 aromatic rings. The highest BCUT2D eigenvalue weighted by molar-refractivity contribution is 5.70. The van der Waals surface area contributed by atoms with E-state index >= 15 is 17.6 Å². The average Bonchev–Trinajstić information content (AvgIpc) is 3.38. The Morgan fingerprint density at radius 1 is 0.420 bits per heavy atom. The second-order valence-corrected chi connectivity index (χ2v) is 22.2. The van der Waals surface area contributed by atoms with Crippen molar-refractivity contribution in [2.45, 2.75) is 220 Å². The fourth-order valence-corrected chi connectivity index (χ4v) is 13.2. The molecule has 6 rings (SSSR count). The minimum Gasteiger partial charge on any atom is -0.490 e. The molecule has 0 N–H and O–H groups in total. The van der Waals surface area contributed by atoms with Gasteiger partial charge >= 0.3 is 0 Å². The third kappa shape index (κ3) is 16.6. The molecule has 0 saturated heterocycles. The number of unbranched alkanes of at least 4 members (excludes halogenated alkanes) is 8. The third-order valence-corrected chi connectivity index (χ3v) is 17.5. The number of ether oxygens (including phenoxy) is 3. The van der Waals surface area contributed by atoms with Gasteiger partial charge in [0.1, 0.15) is 0 Å². The summed E-state index contributed by atoms with van der Waals surface area (Å²) in [5.74, 6) is 1.25. The number of benzene rings is 2. The molecule has 69 heavy (non-hydrogen) atoms. The van der Waals surface area contributed by atoms with E-state index in [1.54, 1.807) is 24.3 Å². The van der Waals surface area contributed by atoms with Crippen molar-refractivity contribution >= 4 is 11.1 Å². The van der Waals surface area contributed by atoms with E-state index < -0.39 is 23.3 Å². The zero-order valence-electron chi connectivity index (χ0n) is 43.9. The van der Waals surface area contributed by atoms with Gasteiger partial charge in [0, 0.05) is 11.1 Å². The second-order valence-electron chi connectivity index (χ2n) is 22.2. The Labute approximate surface area is 417 Å². The summed E-state index contributed by atoms with van der Waals surface area (Å²) in [7, 11) is 0. The Kier molecular flexibility index (Phi) is 24.4. The maximum Gasteiger partial charge on any atom is 0.201 e. The van der Waals surface area contributed by atoms with Crippen molar-refractivity contribution in [3.05, 3.63) is 70.8 Å². The molecule has 0 aromatic heterocycles. The van der Waals surface area contributed by atoms with Crippen molar-refractivity contribution in [1.29, 1.82) is 0 Å². The van der Waals surface area contributed by atoms with Crippen LogP contribution in [0.25, 0.3) is 11.1 Å². The van der Waals surface area contributed by atoms with E-state index in [0.29, 0.717) is 36.2 Å². The molecule has 7 heteroatoms. The first-order valence-electron chi connectivity index (χ1n) is 29.0. The van der Waals surface area contributed by atoms with E-state index in [2.05, 4.69) is 27.7 Å². The summed E-state index contributed by atoms with van der Waals surface area (Å²) < 4.78 is 81.7. The lowest BCUT2D eigenvalue weighted by Gasteiger charge is -2.38. The molecule has 0 bridgehead atoms. The van der Waals surface area contributed by atoms with E-state index in [0.717, 1.165) is 125 Å². The van der Waals surface area contributed by atoms with Gasteiger partial charge in [-0.15, -0.1) is 0 Å². The normalized spacial score (nSPS) is 26.0. The predicted octanol–water partition coefficient (Wildman–Crippen LogP) is 19.3. The Hall–Kier alpha value is -2.80. The monoisotopic (exact) mass is 963 g/mol. The maximum absolute atomic E-state index is 16.2. The van der Waals surface area contributed by atoms with Crippen LogP contribution >= 0.6 is 0 Å². The summed E-state index contributed by atoms with van der Waals surface area (Å²) in [5.41, 5.74) is 2.20. The van der Waals surface area contributed by atoms with Gasteiger partial charge in [-0.3, -0.25) is 0 Å². The standard InChI is InChI=1S/C62H94F4O3/c1-5-9-13-17-45-19-23-47(24-20-45)49-27-31-51(32-28-49)53(55-35-37-57(61(65)59(55)63)68-41-15-11-7-3)39-43-67-44-40-54(56-36-38-58(62(66)60(56)64)69-42-16-12-8-4)52-33-29-50(30-34-52)48-25-21-46(22-26-48)18-14-10-6-2/h35-40,45-52H,5-34,41-44H2,1-4H3. The van der Waals surface area contributed by atoms with Crippen LogP contribution in [0.4, 0.5) is 17.6 Å². The van der Waals surface area contributed by atoms with Crippen LogP contribution in [-0.2, 0) is 4.74 Å². The lowest BCUT2D eigenvalue weighted by Crippen LogP contribution is -2.26. The second kappa shape index (κ2) is 30.3. The van der Waals surface area contributed by atoms with Gasteiger partial charge in [-0.1, -0.05) is 143 Å². The van der Waals surface area contributed by atoms with Gasteiger partial charge < -0.3 is 14.2 Å². The minimum absolute atomic E-state index is 0.0337. The highest BCUT2D eigenvalue weighted by atomic mass is 19.2. The van der Waals surface area contributed by atoms with Crippen LogP contribution in [0.1, 0.15) is 231 Å². The molecule has 4 aliphatic rings. The molecule has 2 aromatic carbocycles. The van der Waals surface area contributed by atoms with E-state index in [-0.39, 0.29) is 36.5 Å². The molecule has 0 amide bonds. The third-order valence-electron chi connectivity index (χ3n) is 17.5. The van der Waals surface area contributed by atoms with Crippen LogP contribution in [0, 0.1) is 70.6 Å². The fraction of sp³-hybridized carbons (Fsp3) is 0.742. The van der Waals surface area contributed by atoms with Crippen molar-refractivity contribution in [3.8, 4) is 11.5 Å². The van der Waals surface area contributed by atoms with E-state index in [1.165, 1.54) is 103 Å². The van der Waals surface area contributed by atoms with E-state index in [4.69, 9.17) is 14.2 Å². The van der Waals surface area contributed by atoms with Crippen LogP contribution in [0.3, 0.4) is 0 Å². The quantitative estimate of drug-likeness (QED) is 0.0628. The number of hydrogen-bond acceptors (Lipinski definition) is 3. The van der Waals surface area contributed by atoms with Gasteiger partial charge in [0.15, 0.2) is 23.1 Å². The first-order chi connectivity index (χ1) is 33.8. The van der Waals surface area contributed by atoms with Crippen molar-refractivity contribution in [3.63, 3.8) is 0 Å². The molecule has 0 radical (unpaired) electrons. The van der Waals surface area contributed by atoms with Crippen LogP contribution < -0.4 is 9.47 Å². The van der Waals surface area contributed by atoms with Crippen LogP contribution in [0.5, 0.6) is 11.5 Å². The van der Waals surface area contributed by atoms with E-state index in [9.17, 15) is 0 Å². The molecular weight excluding hydrogens is 869 g/mol. The molecule has 4 fully saturated rings. The van der Waals surface area contributed by atoms with Gasteiger partial charge in [0.05, 0.1) is 26.4 Å². The van der Waals surface area contributed by atoms with Gasteiger partial charge in [-0.05, 0) is 173 Å². The van der Waals surface area contributed by atoms with E-state index in [1.807, 2.05) is 12.2 Å². The van der Waals surface area contributed by atoms with Gasteiger partial charge in [-0.25, -0.2) is 8.78 Å². The molecule has 388 valence electrons. The molecule has 0 atom stereocenters. The minimum atomic E-state index is -0.927. The lowest BCUT2D eigenvalue weighted by atomic mass is 9.67. The Balaban J connectivity index is 1.15. The highest BCUT2D eigenvalue weighted by Gasteiger charge is 2.35. The number of allylic oxidation sites excluding steroid dienone is 2. The SMILES string of the molecule is CCCCCOc1ccc(C(=CCOCC=C(c2ccc(OCCCCC)c(F)c2F)C2CCC(C3CCC(CCCCC)CC3)CC2)C2CCC(C3CCC(CCCCC)CC3)CC2)c(F)c1F.